The van der Waals surface area contributed by atoms with Gasteiger partial charge in [-0.2, -0.15) is 0 Å². The van der Waals surface area contributed by atoms with E-state index in [1.165, 1.54) is 17.4 Å². The summed E-state index contributed by atoms with van der Waals surface area (Å²) in [6, 6.07) is 6.73. The third-order valence-electron chi connectivity index (χ3n) is 4.51. The van der Waals surface area contributed by atoms with Gasteiger partial charge >= 0.3 is 0 Å². The van der Waals surface area contributed by atoms with Crippen molar-refractivity contribution in [2.24, 2.45) is 0 Å². The van der Waals surface area contributed by atoms with Gasteiger partial charge in [0.05, 0.1) is 16.1 Å². The first-order chi connectivity index (χ1) is 12.5. The zero-order chi connectivity index (χ0) is 18.3. The van der Waals surface area contributed by atoms with E-state index < -0.39 is 5.75 Å². The van der Waals surface area contributed by atoms with Crippen LogP contribution in [-0.4, -0.2) is 36.7 Å². The zero-order valence-corrected chi connectivity index (χ0v) is 14.6. The van der Waals surface area contributed by atoms with Gasteiger partial charge in [0.1, 0.15) is 0 Å². The molecule has 0 saturated heterocycles. The Hall–Kier alpha value is -2.84. The van der Waals surface area contributed by atoms with Crippen molar-refractivity contribution < 1.29 is 15.3 Å². The number of H-pyrrole nitrogens is 1. The number of thiophene rings is 1. The smallest absolute Gasteiger partial charge is 0.255 e. The number of phenolic OH excluding ortho intramolecular Hbond substituents is 3. The highest BCUT2D eigenvalue weighted by molar-refractivity contribution is 7.13. The molecule has 3 aromatic rings. The van der Waals surface area contributed by atoms with Crippen molar-refractivity contribution >= 4 is 11.3 Å². The van der Waals surface area contributed by atoms with Crippen molar-refractivity contribution in [3.8, 4) is 28.0 Å². The molecule has 0 spiro atoms. The summed E-state index contributed by atoms with van der Waals surface area (Å²) >= 11 is 1.53. The van der Waals surface area contributed by atoms with Gasteiger partial charge in [-0.3, -0.25) is 9.69 Å². The minimum Gasteiger partial charge on any atom is -0.504 e. The van der Waals surface area contributed by atoms with Gasteiger partial charge in [-0.15, -0.1) is 11.3 Å². The summed E-state index contributed by atoms with van der Waals surface area (Å²) in [4.78, 5) is 22.9. The lowest BCUT2D eigenvalue weighted by Gasteiger charge is -2.28. The Morgan fingerprint density at radius 3 is 2.81 bits per heavy atom. The van der Waals surface area contributed by atoms with Gasteiger partial charge in [-0.05, 0) is 17.5 Å². The molecule has 26 heavy (non-hydrogen) atoms. The van der Waals surface area contributed by atoms with Gasteiger partial charge in [0.15, 0.2) is 17.3 Å². The average Bonchev–Trinajstić information content (AvgIpc) is 3.17. The number of hydrogen-bond acceptors (Lipinski definition) is 7. The molecular formula is C18H17N3O4S. The standard InChI is InChI=1S/C18H17N3O4S/c22-13-4-3-10(15(23)16(13)24)8-21-6-5-12-11(9-21)18(25)20-17(19-12)14-2-1-7-26-14/h1-4,7,22-24H,5-6,8-9H2,(H,19,20,25). The molecule has 0 atom stereocenters. The Kier molecular flexibility index (Phi) is 4.14. The summed E-state index contributed by atoms with van der Waals surface area (Å²) in [6.45, 7) is 1.43. The number of aromatic hydroxyl groups is 3. The van der Waals surface area contributed by atoms with Crippen LogP contribution in [-0.2, 0) is 19.5 Å². The van der Waals surface area contributed by atoms with E-state index in [1.54, 1.807) is 6.07 Å². The van der Waals surface area contributed by atoms with Crippen LogP contribution in [0.15, 0.2) is 34.4 Å². The van der Waals surface area contributed by atoms with Gasteiger partial charge in [0.25, 0.3) is 5.56 Å². The Morgan fingerprint density at radius 2 is 2.04 bits per heavy atom. The third kappa shape index (κ3) is 2.93. The number of benzene rings is 1. The van der Waals surface area contributed by atoms with Gasteiger partial charge in [0, 0.05) is 31.6 Å². The monoisotopic (exact) mass is 371 g/mol. The number of hydrogen-bond donors (Lipinski definition) is 4. The molecule has 7 nitrogen and oxygen atoms in total. The molecule has 4 rings (SSSR count). The molecule has 0 radical (unpaired) electrons. The average molecular weight is 371 g/mol. The first-order valence-corrected chi connectivity index (χ1v) is 9.02. The van der Waals surface area contributed by atoms with Crippen molar-refractivity contribution in [3.63, 3.8) is 0 Å². The number of aromatic amines is 1. The van der Waals surface area contributed by atoms with Crippen molar-refractivity contribution in [3.05, 3.63) is 56.8 Å². The molecule has 0 unspecified atom stereocenters. The zero-order valence-electron chi connectivity index (χ0n) is 13.8. The summed E-state index contributed by atoms with van der Waals surface area (Å²) < 4.78 is 0. The van der Waals surface area contributed by atoms with Crippen molar-refractivity contribution in [2.45, 2.75) is 19.5 Å². The van der Waals surface area contributed by atoms with Crippen LogP contribution in [0.1, 0.15) is 16.8 Å². The van der Waals surface area contributed by atoms with Gasteiger partial charge < -0.3 is 20.3 Å². The molecule has 8 heteroatoms. The Balaban J connectivity index is 1.59. The van der Waals surface area contributed by atoms with E-state index in [1.807, 2.05) is 22.4 Å². The molecule has 0 amide bonds. The number of phenols is 3. The fourth-order valence-corrected chi connectivity index (χ4v) is 3.79. The summed E-state index contributed by atoms with van der Waals surface area (Å²) in [5.41, 5.74) is 1.76. The first-order valence-electron chi connectivity index (χ1n) is 8.14. The number of aromatic nitrogens is 2. The Bertz CT molecular complexity index is 1010. The van der Waals surface area contributed by atoms with Gasteiger partial charge in [0.2, 0.25) is 5.75 Å². The van der Waals surface area contributed by atoms with E-state index in [9.17, 15) is 20.1 Å². The lowest BCUT2D eigenvalue weighted by molar-refractivity contribution is 0.237. The highest BCUT2D eigenvalue weighted by Gasteiger charge is 2.23. The summed E-state index contributed by atoms with van der Waals surface area (Å²) in [5, 5.41) is 31.0. The summed E-state index contributed by atoms with van der Waals surface area (Å²) in [6.07, 6.45) is 0.627. The van der Waals surface area contributed by atoms with Gasteiger partial charge in [-0.1, -0.05) is 12.1 Å². The fourth-order valence-electron chi connectivity index (χ4n) is 3.13. The molecule has 1 aliphatic rings. The fraction of sp³-hybridized carbons (Fsp3) is 0.222. The highest BCUT2D eigenvalue weighted by atomic mass is 32.1. The normalized spacial score (nSPS) is 14.3. The quantitative estimate of drug-likeness (QED) is 0.525. The summed E-state index contributed by atoms with van der Waals surface area (Å²) in [5.74, 6) is -0.633. The highest BCUT2D eigenvalue weighted by Crippen LogP contribution is 2.37. The van der Waals surface area contributed by atoms with E-state index >= 15 is 0 Å². The second-order valence-electron chi connectivity index (χ2n) is 6.22. The molecule has 0 aliphatic carbocycles. The molecule has 1 aliphatic heterocycles. The molecule has 0 bridgehead atoms. The minimum absolute atomic E-state index is 0.152. The van der Waals surface area contributed by atoms with E-state index in [0.717, 1.165) is 10.6 Å². The van der Waals surface area contributed by atoms with E-state index in [4.69, 9.17) is 0 Å². The molecule has 1 aromatic carbocycles. The lowest BCUT2D eigenvalue weighted by atomic mass is 10.1. The van der Waals surface area contributed by atoms with Crippen molar-refractivity contribution in [1.29, 1.82) is 0 Å². The first kappa shape index (κ1) is 16.6. The predicted octanol–water partition coefficient (Wildman–Crippen LogP) is 2.17. The van der Waals surface area contributed by atoms with E-state index in [-0.39, 0.29) is 17.1 Å². The van der Waals surface area contributed by atoms with Gasteiger partial charge in [-0.25, -0.2) is 4.98 Å². The lowest BCUT2D eigenvalue weighted by Crippen LogP contribution is -2.35. The maximum absolute atomic E-state index is 12.5. The second-order valence-corrected chi connectivity index (χ2v) is 7.17. The Labute approximate surface area is 152 Å². The van der Waals surface area contributed by atoms with Crippen LogP contribution < -0.4 is 5.56 Å². The second kappa shape index (κ2) is 6.47. The molecule has 4 N–H and O–H groups in total. The third-order valence-corrected chi connectivity index (χ3v) is 5.39. The molecule has 134 valence electrons. The van der Waals surface area contributed by atoms with Crippen molar-refractivity contribution in [1.82, 2.24) is 14.9 Å². The predicted molar refractivity (Wildman–Crippen MR) is 97.4 cm³/mol. The summed E-state index contributed by atoms with van der Waals surface area (Å²) in [7, 11) is 0. The maximum atomic E-state index is 12.5. The van der Waals surface area contributed by atoms with E-state index in [0.29, 0.717) is 43.0 Å². The maximum Gasteiger partial charge on any atom is 0.255 e. The SMILES string of the molecule is O=c1[nH]c(-c2cccs2)nc2c1CN(Cc1ccc(O)c(O)c1O)CC2. The molecule has 0 fully saturated rings. The topological polar surface area (TPSA) is 110 Å². The number of nitrogens with one attached hydrogen (secondary N) is 1. The van der Waals surface area contributed by atoms with E-state index in [2.05, 4.69) is 9.97 Å². The number of rotatable bonds is 3. The molecule has 0 saturated carbocycles. The van der Waals surface area contributed by atoms with Crippen LogP contribution in [0.3, 0.4) is 0 Å². The largest absolute Gasteiger partial charge is 0.504 e. The number of nitrogens with zero attached hydrogens (tertiary/aromatic N) is 2. The number of fused-ring (bicyclic) bond motifs is 1. The van der Waals surface area contributed by atoms with Crippen LogP contribution >= 0.6 is 11.3 Å². The van der Waals surface area contributed by atoms with Crippen LogP contribution in [0.4, 0.5) is 0 Å². The van der Waals surface area contributed by atoms with Crippen LogP contribution in [0.2, 0.25) is 0 Å². The Morgan fingerprint density at radius 1 is 1.19 bits per heavy atom. The van der Waals surface area contributed by atoms with Crippen molar-refractivity contribution in [2.75, 3.05) is 6.54 Å². The minimum atomic E-state index is -0.528. The molecule has 2 aromatic heterocycles. The van der Waals surface area contributed by atoms with Crippen LogP contribution in [0.25, 0.3) is 10.7 Å². The van der Waals surface area contributed by atoms with Crippen LogP contribution in [0, 0.1) is 0 Å². The molecular weight excluding hydrogens is 354 g/mol. The molecule has 3 heterocycles. The van der Waals surface area contributed by atoms with Crippen LogP contribution in [0.5, 0.6) is 17.2 Å².